The molecule has 0 radical (unpaired) electrons. The zero-order valence-corrected chi connectivity index (χ0v) is 15.8. The number of carbonyl (C=O) groups excluding carboxylic acids is 3. The van der Waals surface area contributed by atoms with Gasteiger partial charge in [0.15, 0.2) is 17.3 Å². The summed E-state index contributed by atoms with van der Waals surface area (Å²) < 4.78 is 15.7. The molecule has 1 N–H and O–H groups in total. The van der Waals surface area contributed by atoms with E-state index in [1.54, 1.807) is 54.5 Å². The van der Waals surface area contributed by atoms with Crippen molar-refractivity contribution in [2.75, 3.05) is 31.9 Å². The van der Waals surface area contributed by atoms with Gasteiger partial charge in [-0.2, -0.15) is 0 Å². The Morgan fingerprint density at radius 1 is 1.14 bits per heavy atom. The van der Waals surface area contributed by atoms with E-state index >= 15 is 0 Å². The van der Waals surface area contributed by atoms with Crippen LogP contribution in [-0.4, -0.2) is 44.6 Å². The summed E-state index contributed by atoms with van der Waals surface area (Å²) in [6.07, 6.45) is 0.0942. The van der Waals surface area contributed by atoms with Gasteiger partial charge in [0.1, 0.15) is 5.75 Å². The summed E-state index contributed by atoms with van der Waals surface area (Å²) in [6.45, 7) is 0.279. The Kier molecular flexibility index (Phi) is 5.07. The van der Waals surface area contributed by atoms with Gasteiger partial charge in [0.25, 0.3) is 0 Å². The van der Waals surface area contributed by atoms with Gasteiger partial charge in [-0.1, -0.05) is 0 Å². The molecule has 2 aromatic rings. The number of anilines is 1. The van der Waals surface area contributed by atoms with Crippen LogP contribution in [0.4, 0.5) is 5.69 Å². The summed E-state index contributed by atoms with van der Waals surface area (Å²) in [4.78, 5) is 38.7. The molecule has 2 aliphatic rings. The van der Waals surface area contributed by atoms with E-state index in [1.165, 1.54) is 0 Å². The van der Waals surface area contributed by atoms with Crippen LogP contribution in [0.3, 0.4) is 0 Å². The van der Waals surface area contributed by atoms with Crippen molar-refractivity contribution in [3.8, 4) is 17.2 Å². The highest BCUT2D eigenvalue weighted by atomic mass is 16.7. The summed E-state index contributed by atoms with van der Waals surface area (Å²) in [5.41, 5.74) is 1.14. The van der Waals surface area contributed by atoms with Crippen molar-refractivity contribution in [1.29, 1.82) is 0 Å². The van der Waals surface area contributed by atoms with Crippen LogP contribution in [0.1, 0.15) is 16.8 Å². The van der Waals surface area contributed by atoms with Crippen molar-refractivity contribution in [2.45, 2.75) is 6.42 Å². The molecule has 8 nitrogen and oxygen atoms in total. The summed E-state index contributed by atoms with van der Waals surface area (Å²) in [5, 5.41) is 2.64. The van der Waals surface area contributed by atoms with E-state index in [0.717, 1.165) is 0 Å². The number of amides is 2. The predicted molar refractivity (Wildman–Crippen MR) is 103 cm³/mol. The molecule has 0 aromatic heterocycles. The maximum absolute atomic E-state index is 12.5. The van der Waals surface area contributed by atoms with E-state index in [1.807, 2.05) is 0 Å². The molecule has 1 saturated heterocycles. The second kappa shape index (κ2) is 7.83. The first-order chi connectivity index (χ1) is 14.0. The van der Waals surface area contributed by atoms with E-state index < -0.39 is 5.92 Å². The fourth-order valence-electron chi connectivity index (χ4n) is 3.38. The molecular weight excluding hydrogens is 376 g/mol. The van der Waals surface area contributed by atoms with Crippen LogP contribution in [0.15, 0.2) is 42.5 Å². The highest BCUT2D eigenvalue weighted by molar-refractivity contribution is 6.02. The topological polar surface area (TPSA) is 94.2 Å². The Labute approximate surface area is 167 Å². The number of nitrogens with zero attached hydrogens (tertiary/aromatic N) is 1. The maximum atomic E-state index is 12.5. The summed E-state index contributed by atoms with van der Waals surface area (Å²) >= 11 is 0. The quantitative estimate of drug-likeness (QED) is 0.748. The summed E-state index contributed by atoms with van der Waals surface area (Å²) in [7, 11) is 1.55. The molecule has 1 atom stereocenters. The predicted octanol–water partition coefficient (Wildman–Crippen LogP) is 1.78. The number of nitrogens with one attached hydrogen (secondary N) is 1. The summed E-state index contributed by atoms with van der Waals surface area (Å²) in [6, 6.07) is 11.9. The van der Waals surface area contributed by atoms with Gasteiger partial charge >= 0.3 is 0 Å². The number of carbonyl (C=O) groups is 3. The third kappa shape index (κ3) is 3.87. The van der Waals surface area contributed by atoms with Gasteiger partial charge in [0, 0.05) is 30.3 Å². The number of Topliss-reactive ketones (excluding diaryl/α,β-unsaturated/α-hetero) is 1. The number of ketones is 1. The Morgan fingerprint density at radius 2 is 1.90 bits per heavy atom. The Morgan fingerprint density at radius 3 is 2.66 bits per heavy atom. The number of hydrogen-bond donors (Lipinski definition) is 1. The molecule has 0 spiro atoms. The first kappa shape index (κ1) is 18.8. The van der Waals surface area contributed by atoms with Gasteiger partial charge < -0.3 is 24.4 Å². The lowest BCUT2D eigenvalue weighted by molar-refractivity contribution is -0.126. The van der Waals surface area contributed by atoms with Crippen LogP contribution >= 0.6 is 0 Å². The Bertz CT molecular complexity index is 956. The van der Waals surface area contributed by atoms with Gasteiger partial charge in [-0.25, -0.2) is 0 Å². The number of fused-ring (bicyclic) bond motifs is 1. The Hall–Kier alpha value is -3.55. The molecule has 29 heavy (non-hydrogen) atoms. The highest BCUT2D eigenvalue weighted by Gasteiger charge is 2.35. The SMILES string of the molecule is COc1ccc(C(=O)CNC(=O)C2CC(=O)N(c3ccc4c(c3)OCO4)C2)cc1. The largest absolute Gasteiger partial charge is 0.497 e. The molecule has 0 aliphatic carbocycles. The van der Waals surface area contributed by atoms with Crippen molar-refractivity contribution in [3.05, 3.63) is 48.0 Å². The van der Waals surface area contributed by atoms with Crippen molar-refractivity contribution >= 4 is 23.3 Å². The number of rotatable bonds is 6. The van der Waals surface area contributed by atoms with E-state index in [9.17, 15) is 14.4 Å². The zero-order valence-electron chi connectivity index (χ0n) is 15.8. The molecule has 0 bridgehead atoms. The van der Waals surface area contributed by atoms with Gasteiger partial charge in [-0.15, -0.1) is 0 Å². The number of methoxy groups -OCH3 is 1. The fraction of sp³-hybridized carbons (Fsp3) is 0.286. The van der Waals surface area contributed by atoms with Gasteiger partial charge in [-0.05, 0) is 36.4 Å². The molecule has 1 fully saturated rings. The third-order valence-electron chi connectivity index (χ3n) is 5.00. The second-order valence-electron chi connectivity index (χ2n) is 6.81. The standard InChI is InChI=1S/C21H20N2O6/c1-27-16-5-2-13(3-6-16)17(24)10-22-21(26)14-8-20(25)23(11-14)15-4-7-18-19(9-15)29-12-28-18/h2-7,9,14H,8,10-12H2,1H3,(H,22,26). The molecule has 8 heteroatoms. The average molecular weight is 396 g/mol. The number of ether oxygens (including phenoxy) is 3. The van der Waals surface area contributed by atoms with E-state index in [2.05, 4.69) is 5.32 Å². The minimum absolute atomic E-state index is 0.0942. The molecule has 0 saturated carbocycles. The van der Waals surface area contributed by atoms with Crippen LogP contribution < -0.4 is 24.4 Å². The van der Waals surface area contributed by atoms with Crippen molar-refractivity contribution in [3.63, 3.8) is 0 Å². The van der Waals surface area contributed by atoms with Gasteiger partial charge in [0.2, 0.25) is 18.6 Å². The van der Waals surface area contributed by atoms with Crippen molar-refractivity contribution in [2.24, 2.45) is 5.92 Å². The molecule has 1 unspecified atom stereocenters. The smallest absolute Gasteiger partial charge is 0.231 e. The van der Waals surface area contributed by atoms with Crippen LogP contribution in [0, 0.1) is 5.92 Å². The van der Waals surface area contributed by atoms with Crippen LogP contribution in [-0.2, 0) is 9.59 Å². The normalized spacial score (nSPS) is 17.3. The molecule has 2 aromatic carbocycles. The van der Waals surface area contributed by atoms with Crippen LogP contribution in [0.25, 0.3) is 0 Å². The molecule has 2 heterocycles. The fourth-order valence-corrected chi connectivity index (χ4v) is 3.38. The molecule has 2 amide bonds. The van der Waals surface area contributed by atoms with Crippen molar-refractivity contribution < 1.29 is 28.6 Å². The van der Waals surface area contributed by atoms with Gasteiger partial charge in [0.05, 0.1) is 19.6 Å². The minimum atomic E-state index is -0.517. The van der Waals surface area contributed by atoms with Crippen LogP contribution in [0.2, 0.25) is 0 Å². The first-order valence-corrected chi connectivity index (χ1v) is 9.20. The molecule has 150 valence electrons. The lowest BCUT2D eigenvalue weighted by Crippen LogP contribution is -2.36. The lowest BCUT2D eigenvalue weighted by Gasteiger charge is -2.17. The minimum Gasteiger partial charge on any atom is -0.497 e. The van der Waals surface area contributed by atoms with E-state index in [-0.39, 0.29) is 43.9 Å². The number of hydrogen-bond acceptors (Lipinski definition) is 6. The number of benzene rings is 2. The molecule has 2 aliphatic heterocycles. The van der Waals surface area contributed by atoms with E-state index in [0.29, 0.717) is 28.5 Å². The average Bonchev–Trinajstić information content (AvgIpc) is 3.37. The molecular formula is C21H20N2O6. The van der Waals surface area contributed by atoms with Crippen LogP contribution in [0.5, 0.6) is 17.2 Å². The maximum Gasteiger partial charge on any atom is 0.231 e. The third-order valence-corrected chi connectivity index (χ3v) is 5.00. The highest BCUT2D eigenvalue weighted by Crippen LogP contribution is 2.37. The van der Waals surface area contributed by atoms with Crippen molar-refractivity contribution in [1.82, 2.24) is 5.32 Å². The second-order valence-corrected chi connectivity index (χ2v) is 6.81. The monoisotopic (exact) mass is 396 g/mol. The lowest BCUT2D eigenvalue weighted by atomic mass is 10.1. The van der Waals surface area contributed by atoms with Gasteiger partial charge in [-0.3, -0.25) is 14.4 Å². The first-order valence-electron chi connectivity index (χ1n) is 9.20. The Balaban J connectivity index is 1.34. The zero-order chi connectivity index (χ0) is 20.4. The summed E-state index contributed by atoms with van der Waals surface area (Å²) in [5.74, 6) is 0.669. The van der Waals surface area contributed by atoms with E-state index in [4.69, 9.17) is 14.2 Å². The molecule has 4 rings (SSSR count).